The van der Waals surface area contributed by atoms with E-state index < -0.39 is 25.9 Å². The molecule has 0 fully saturated rings. The fourth-order valence-electron chi connectivity index (χ4n) is 2.37. The van der Waals surface area contributed by atoms with E-state index in [1.165, 1.54) is 12.1 Å². The minimum absolute atomic E-state index is 0. The number of hydrogen-bond donors (Lipinski definition) is 0. The summed E-state index contributed by atoms with van der Waals surface area (Å²) in [6.07, 6.45) is 0. The van der Waals surface area contributed by atoms with Gasteiger partial charge in [0.2, 0.25) is 0 Å². The molecule has 0 aliphatic carbocycles. The Hall–Kier alpha value is -2.57. The van der Waals surface area contributed by atoms with Crippen molar-refractivity contribution < 1.29 is 27.3 Å². The Labute approximate surface area is 327 Å². The SMILES string of the molecule is C.C.C.C.C.C.C.C.C.C=C(C)C(=O)OCC.C=C(C)C(=O)OCC.CC[Si](C)(C)O[SiH](C)O[Si](C)(C)CC.c1ccccc1.c1ccccc1. The molecule has 0 radical (unpaired) electrons. The molecule has 0 saturated heterocycles. The van der Waals surface area contributed by atoms with Gasteiger partial charge in [0.05, 0.1) is 13.2 Å². The summed E-state index contributed by atoms with van der Waals surface area (Å²) >= 11 is 0. The van der Waals surface area contributed by atoms with Gasteiger partial charge in [-0.25, -0.2) is 9.59 Å². The van der Waals surface area contributed by atoms with Crippen molar-refractivity contribution in [1.29, 1.82) is 0 Å². The highest BCUT2D eigenvalue weighted by atomic mass is 28.4. The van der Waals surface area contributed by atoms with Crippen molar-refractivity contribution in [3.05, 3.63) is 97.1 Å². The highest BCUT2D eigenvalue weighted by Gasteiger charge is 2.28. The first-order chi connectivity index (χ1) is 19.6. The van der Waals surface area contributed by atoms with E-state index in [0.29, 0.717) is 24.4 Å². The summed E-state index contributed by atoms with van der Waals surface area (Å²) < 4.78 is 21.4. The summed E-state index contributed by atoms with van der Waals surface area (Å²) in [4.78, 5) is 20.8. The molecule has 0 heterocycles. The van der Waals surface area contributed by atoms with Crippen LogP contribution in [0.25, 0.3) is 0 Å². The molecule has 0 bridgehead atoms. The monoisotopic (exact) mass is 779 g/mol. The molecule has 2 aromatic carbocycles. The fraction of sp³-hybridized carbons (Fsp3) is 0.571. The number of benzene rings is 2. The van der Waals surface area contributed by atoms with Crippen LogP contribution in [-0.4, -0.2) is 51.1 Å². The number of rotatable bonds is 10. The second kappa shape index (κ2) is 51.8. The maximum Gasteiger partial charge on any atom is 0.333 e. The van der Waals surface area contributed by atoms with Crippen LogP contribution in [0.5, 0.6) is 0 Å². The largest absolute Gasteiger partial charge is 0.463 e. The van der Waals surface area contributed by atoms with E-state index in [0.717, 1.165) is 0 Å². The van der Waals surface area contributed by atoms with E-state index in [-0.39, 0.29) is 78.8 Å². The predicted molar refractivity (Wildman–Crippen MR) is 247 cm³/mol. The Morgan fingerprint density at radius 2 is 0.667 bits per heavy atom. The van der Waals surface area contributed by atoms with Crippen molar-refractivity contribution in [2.24, 2.45) is 0 Å². The van der Waals surface area contributed by atoms with Crippen LogP contribution in [0.1, 0.15) is 108 Å². The van der Waals surface area contributed by atoms with E-state index in [4.69, 9.17) is 8.23 Å². The van der Waals surface area contributed by atoms with Crippen LogP contribution >= 0.6 is 0 Å². The molecule has 0 aliphatic rings. The number of carbonyl (C=O) groups excluding carboxylic acids is 2. The van der Waals surface area contributed by atoms with Crippen molar-refractivity contribution in [2.45, 2.75) is 153 Å². The lowest BCUT2D eigenvalue weighted by Gasteiger charge is -2.31. The maximum atomic E-state index is 10.4. The van der Waals surface area contributed by atoms with Crippen LogP contribution < -0.4 is 0 Å². The summed E-state index contributed by atoms with van der Waals surface area (Å²) in [6.45, 7) is 30.1. The molecule has 2 aromatic rings. The number of hydrogen-bond acceptors (Lipinski definition) is 6. The second-order valence-corrected chi connectivity index (χ2v) is 21.8. The molecule has 2 rings (SSSR count). The van der Waals surface area contributed by atoms with E-state index in [9.17, 15) is 9.59 Å². The number of carbonyl (C=O) groups is 2. The molecule has 0 saturated carbocycles. The molecule has 0 unspecified atom stereocenters. The average Bonchev–Trinajstić information content (AvgIpc) is 2.96. The van der Waals surface area contributed by atoms with E-state index >= 15 is 0 Å². The van der Waals surface area contributed by atoms with Gasteiger partial charge in [-0.1, -0.05) is 167 Å². The lowest BCUT2D eigenvalue weighted by Crippen LogP contribution is -2.43. The van der Waals surface area contributed by atoms with Gasteiger partial charge in [0.15, 0.2) is 16.6 Å². The smallest absolute Gasteiger partial charge is 0.333 e. The van der Waals surface area contributed by atoms with Gasteiger partial charge in [0.1, 0.15) is 0 Å². The lowest BCUT2D eigenvalue weighted by atomic mass is 10.4. The van der Waals surface area contributed by atoms with Gasteiger partial charge in [-0.3, -0.25) is 0 Å². The Bertz CT molecular complexity index is 823. The first kappa shape index (κ1) is 82.1. The Morgan fingerprint density at radius 1 is 0.490 bits per heavy atom. The number of esters is 2. The summed E-state index contributed by atoms with van der Waals surface area (Å²) in [7, 11) is -4.15. The highest BCUT2D eigenvalue weighted by molar-refractivity contribution is 6.81. The molecule has 6 nitrogen and oxygen atoms in total. The van der Waals surface area contributed by atoms with Crippen LogP contribution in [0.15, 0.2) is 97.1 Å². The van der Waals surface area contributed by atoms with E-state index in [1.54, 1.807) is 27.7 Å². The summed E-state index contributed by atoms with van der Waals surface area (Å²) in [5.74, 6) is -0.625. The van der Waals surface area contributed by atoms with Gasteiger partial charge in [0.25, 0.3) is 9.28 Å². The third-order valence-corrected chi connectivity index (χ3v) is 16.4. The molecule has 0 atom stereocenters. The predicted octanol–water partition coefficient (Wildman–Crippen LogP) is 14.7. The van der Waals surface area contributed by atoms with Gasteiger partial charge in [-0.05, 0) is 72.5 Å². The maximum absolute atomic E-state index is 10.4. The fourth-order valence-corrected chi connectivity index (χ4v) is 11.5. The second-order valence-electron chi connectivity index (χ2n) is 10.3. The van der Waals surface area contributed by atoms with Gasteiger partial charge in [-0.15, -0.1) is 0 Å². The molecular weight excluding hydrogens is 685 g/mol. The van der Waals surface area contributed by atoms with Gasteiger partial charge in [-0.2, -0.15) is 0 Å². The molecule has 0 N–H and O–H groups in total. The Morgan fingerprint density at radius 3 is 0.765 bits per heavy atom. The van der Waals surface area contributed by atoms with Gasteiger partial charge < -0.3 is 17.7 Å². The Balaban J connectivity index is -0.0000000368. The topological polar surface area (TPSA) is 71.1 Å². The van der Waals surface area contributed by atoms with Crippen molar-refractivity contribution in [3.8, 4) is 0 Å². The standard InChI is InChI=1S/C9H26O2Si3.2C6H10O2.2C6H6.9CH4/c1-8-13(4,5)10-12(3)11-14(6,7)9-2;2*1-4-8-6(7)5(2)3;2*1-2-4-6-5-3-1;;;;;;;;;/h12H,8-9H2,1-7H3;2*2,4H2,1,3H3;2*1-6H;9*1H4. The van der Waals surface area contributed by atoms with E-state index in [1.807, 2.05) is 72.8 Å². The van der Waals surface area contributed by atoms with E-state index in [2.05, 4.69) is 69.2 Å². The van der Waals surface area contributed by atoms with Crippen molar-refractivity contribution in [3.63, 3.8) is 0 Å². The first-order valence-corrected chi connectivity index (χ1v) is 22.9. The third kappa shape index (κ3) is 63.0. The van der Waals surface area contributed by atoms with Crippen LogP contribution in [0, 0.1) is 0 Å². The molecule has 51 heavy (non-hydrogen) atoms. The van der Waals surface area contributed by atoms with Crippen molar-refractivity contribution in [1.82, 2.24) is 0 Å². The minimum Gasteiger partial charge on any atom is -0.463 e. The van der Waals surface area contributed by atoms with Crippen LogP contribution in [0.4, 0.5) is 0 Å². The summed E-state index contributed by atoms with van der Waals surface area (Å²) in [5, 5.41) is 0. The van der Waals surface area contributed by atoms with Crippen molar-refractivity contribution >= 4 is 37.9 Å². The van der Waals surface area contributed by atoms with Crippen molar-refractivity contribution in [2.75, 3.05) is 13.2 Å². The van der Waals surface area contributed by atoms with Crippen LogP contribution in [0.3, 0.4) is 0 Å². The zero-order valence-electron chi connectivity index (χ0n) is 28.2. The summed E-state index contributed by atoms with van der Waals surface area (Å²) in [6, 6.07) is 26.4. The highest BCUT2D eigenvalue weighted by Crippen LogP contribution is 2.17. The molecule has 9 heteroatoms. The summed E-state index contributed by atoms with van der Waals surface area (Å²) in [5.41, 5.74) is 0.902. The molecule has 0 aliphatic heterocycles. The minimum atomic E-state index is -1.39. The zero-order chi connectivity index (χ0) is 33.0. The quantitative estimate of drug-likeness (QED) is 0.136. The van der Waals surface area contributed by atoms with Gasteiger partial charge >= 0.3 is 11.9 Å². The average molecular weight is 779 g/mol. The lowest BCUT2D eigenvalue weighted by molar-refractivity contribution is -0.139. The molecule has 0 aromatic heterocycles. The normalized spacial score (nSPS) is 8.24. The van der Waals surface area contributed by atoms with Crippen LogP contribution in [-0.2, 0) is 27.3 Å². The van der Waals surface area contributed by atoms with Crippen LogP contribution in [0.2, 0.25) is 44.8 Å². The first-order valence-electron chi connectivity index (χ1n) is 14.6. The zero-order valence-corrected chi connectivity index (χ0v) is 31.4. The third-order valence-electron chi connectivity index (χ3n) is 5.25. The molecule has 0 amide bonds. The molecule has 0 spiro atoms. The number of ether oxygens (including phenoxy) is 2. The molecular formula is C42H94O6Si3. The van der Waals surface area contributed by atoms with Gasteiger partial charge in [0, 0.05) is 11.1 Å². The molecule has 310 valence electrons. The Kier molecular flexibility index (Phi) is 83.4.